The molecule has 0 saturated heterocycles. The van der Waals surface area contributed by atoms with E-state index in [2.05, 4.69) is 24.3 Å². The number of amides is 1. The van der Waals surface area contributed by atoms with Gasteiger partial charge in [0.2, 0.25) is 5.91 Å². The van der Waals surface area contributed by atoms with Crippen LogP contribution in [0.5, 0.6) is 0 Å². The number of hydrogen-bond donors (Lipinski definition) is 1. The van der Waals surface area contributed by atoms with E-state index in [9.17, 15) is 4.79 Å². The van der Waals surface area contributed by atoms with Gasteiger partial charge in [-0.3, -0.25) is 4.79 Å². The molecule has 1 amide bonds. The maximum atomic E-state index is 12.6. The van der Waals surface area contributed by atoms with Crippen molar-refractivity contribution < 1.29 is 4.79 Å². The van der Waals surface area contributed by atoms with Crippen LogP contribution < -0.4 is 5.73 Å². The summed E-state index contributed by atoms with van der Waals surface area (Å²) < 4.78 is 0. The molecular weight excluding hydrogens is 272 g/mol. The fourth-order valence-corrected chi connectivity index (χ4v) is 3.08. The Labute approximate surface area is 131 Å². The first-order valence-electron chi connectivity index (χ1n) is 7.89. The average Bonchev–Trinajstić information content (AvgIpc) is 2.78. The molecule has 1 aliphatic rings. The van der Waals surface area contributed by atoms with Crippen LogP contribution in [0, 0.1) is 0 Å². The van der Waals surface area contributed by atoms with E-state index in [1.165, 1.54) is 11.1 Å². The SMILES string of the molecule is N[C@@H](Cc1ccccc1)C(=O)N1CCc2ccccc2CC1. The molecule has 3 nitrogen and oxygen atoms in total. The molecule has 2 N–H and O–H groups in total. The molecule has 1 atom stereocenters. The zero-order valence-corrected chi connectivity index (χ0v) is 12.7. The fourth-order valence-electron chi connectivity index (χ4n) is 3.08. The number of nitrogens with zero attached hydrogens (tertiary/aromatic N) is 1. The molecule has 2 aromatic carbocycles. The van der Waals surface area contributed by atoms with Gasteiger partial charge >= 0.3 is 0 Å². The van der Waals surface area contributed by atoms with Gasteiger partial charge in [0.25, 0.3) is 0 Å². The standard InChI is InChI=1S/C19H22N2O/c20-18(14-15-6-2-1-3-7-15)19(22)21-12-10-16-8-4-5-9-17(16)11-13-21/h1-9,18H,10-14,20H2/t18-/m0/s1. The van der Waals surface area contributed by atoms with E-state index in [0.717, 1.165) is 31.5 Å². The molecule has 1 aliphatic heterocycles. The van der Waals surface area contributed by atoms with Gasteiger partial charge in [0, 0.05) is 13.1 Å². The Morgan fingerprint density at radius 3 is 2.09 bits per heavy atom. The summed E-state index contributed by atoms with van der Waals surface area (Å²) in [6, 6.07) is 18.0. The minimum atomic E-state index is -0.455. The lowest BCUT2D eigenvalue weighted by Gasteiger charge is -2.24. The van der Waals surface area contributed by atoms with Gasteiger partial charge in [0.05, 0.1) is 6.04 Å². The molecule has 0 radical (unpaired) electrons. The van der Waals surface area contributed by atoms with Crippen LogP contribution in [-0.2, 0) is 24.1 Å². The quantitative estimate of drug-likeness (QED) is 0.943. The molecule has 22 heavy (non-hydrogen) atoms. The molecule has 0 fully saturated rings. The second-order valence-electron chi connectivity index (χ2n) is 5.89. The van der Waals surface area contributed by atoms with Crippen molar-refractivity contribution in [1.29, 1.82) is 0 Å². The first-order valence-corrected chi connectivity index (χ1v) is 7.89. The van der Waals surface area contributed by atoms with E-state index in [4.69, 9.17) is 5.73 Å². The third kappa shape index (κ3) is 3.37. The van der Waals surface area contributed by atoms with Crippen LogP contribution in [0.3, 0.4) is 0 Å². The van der Waals surface area contributed by atoms with Crippen LogP contribution in [0.4, 0.5) is 0 Å². The normalized spacial score (nSPS) is 15.8. The molecule has 3 rings (SSSR count). The summed E-state index contributed by atoms with van der Waals surface area (Å²) in [4.78, 5) is 14.5. The van der Waals surface area contributed by atoms with Gasteiger partial charge in [-0.05, 0) is 36.0 Å². The van der Waals surface area contributed by atoms with Crippen LogP contribution >= 0.6 is 0 Å². The zero-order valence-electron chi connectivity index (χ0n) is 12.7. The van der Waals surface area contributed by atoms with Crippen LogP contribution in [0.15, 0.2) is 54.6 Å². The van der Waals surface area contributed by atoms with E-state index in [1.807, 2.05) is 35.2 Å². The predicted molar refractivity (Wildman–Crippen MR) is 88.6 cm³/mol. The molecule has 3 heteroatoms. The van der Waals surface area contributed by atoms with Gasteiger partial charge in [-0.15, -0.1) is 0 Å². The molecule has 0 saturated carbocycles. The summed E-state index contributed by atoms with van der Waals surface area (Å²) in [5.41, 5.74) is 9.97. The lowest BCUT2D eigenvalue weighted by Crippen LogP contribution is -2.45. The molecule has 0 aliphatic carbocycles. The topological polar surface area (TPSA) is 46.3 Å². The third-order valence-electron chi connectivity index (χ3n) is 4.35. The van der Waals surface area contributed by atoms with Gasteiger partial charge in [-0.2, -0.15) is 0 Å². The Hall–Kier alpha value is -2.13. The van der Waals surface area contributed by atoms with E-state index in [1.54, 1.807) is 0 Å². The maximum Gasteiger partial charge on any atom is 0.239 e. The molecule has 0 bridgehead atoms. The smallest absolute Gasteiger partial charge is 0.239 e. The Morgan fingerprint density at radius 1 is 0.955 bits per heavy atom. The summed E-state index contributed by atoms with van der Waals surface area (Å²) in [6.07, 6.45) is 2.43. The number of carbonyl (C=O) groups is 1. The van der Waals surface area contributed by atoms with Crippen molar-refractivity contribution in [3.05, 3.63) is 71.3 Å². The van der Waals surface area contributed by atoms with Crippen molar-refractivity contribution in [2.45, 2.75) is 25.3 Å². The van der Waals surface area contributed by atoms with Crippen molar-refractivity contribution in [2.75, 3.05) is 13.1 Å². The summed E-state index contributed by atoms with van der Waals surface area (Å²) >= 11 is 0. The minimum absolute atomic E-state index is 0.0664. The van der Waals surface area contributed by atoms with Crippen molar-refractivity contribution in [3.8, 4) is 0 Å². The predicted octanol–water partition coefficient (Wildman–Crippen LogP) is 2.18. The second-order valence-corrected chi connectivity index (χ2v) is 5.89. The first kappa shape index (κ1) is 14.8. The number of hydrogen-bond acceptors (Lipinski definition) is 2. The number of rotatable bonds is 3. The Balaban J connectivity index is 1.63. The molecule has 114 valence electrons. The number of fused-ring (bicyclic) bond motifs is 1. The molecule has 0 spiro atoms. The lowest BCUT2D eigenvalue weighted by molar-refractivity contribution is -0.132. The van der Waals surface area contributed by atoms with Crippen molar-refractivity contribution in [1.82, 2.24) is 4.90 Å². The number of carbonyl (C=O) groups excluding carboxylic acids is 1. The van der Waals surface area contributed by atoms with Crippen molar-refractivity contribution in [3.63, 3.8) is 0 Å². The number of nitrogens with two attached hydrogens (primary N) is 1. The van der Waals surface area contributed by atoms with Crippen LogP contribution in [0.25, 0.3) is 0 Å². The molecule has 0 aromatic heterocycles. The minimum Gasteiger partial charge on any atom is -0.341 e. The van der Waals surface area contributed by atoms with Gasteiger partial charge in [0.1, 0.15) is 0 Å². The fraction of sp³-hybridized carbons (Fsp3) is 0.316. The lowest BCUT2D eigenvalue weighted by atomic mass is 10.0. The highest BCUT2D eigenvalue weighted by molar-refractivity contribution is 5.82. The van der Waals surface area contributed by atoms with Crippen molar-refractivity contribution >= 4 is 5.91 Å². The Bertz CT molecular complexity index is 612. The Kier molecular flexibility index (Phi) is 4.54. The first-order chi connectivity index (χ1) is 10.7. The van der Waals surface area contributed by atoms with Gasteiger partial charge in [0.15, 0.2) is 0 Å². The van der Waals surface area contributed by atoms with E-state index >= 15 is 0 Å². The Morgan fingerprint density at radius 2 is 1.50 bits per heavy atom. The number of benzene rings is 2. The zero-order chi connectivity index (χ0) is 15.4. The summed E-state index contributed by atoms with van der Waals surface area (Å²) in [7, 11) is 0. The molecular formula is C19H22N2O. The molecule has 1 heterocycles. The third-order valence-corrected chi connectivity index (χ3v) is 4.35. The highest BCUT2D eigenvalue weighted by Gasteiger charge is 2.23. The van der Waals surface area contributed by atoms with Crippen molar-refractivity contribution in [2.24, 2.45) is 5.73 Å². The van der Waals surface area contributed by atoms with Gasteiger partial charge in [-0.25, -0.2) is 0 Å². The van der Waals surface area contributed by atoms with E-state index in [-0.39, 0.29) is 5.91 Å². The second kappa shape index (κ2) is 6.75. The maximum absolute atomic E-state index is 12.6. The largest absolute Gasteiger partial charge is 0.341 e. The van der Waals surface area contributed by atoms with E-state index in [0.29, 0.717) is 6.42 Å². The molecule has 2 aromatic rings. The van der Waals surface area contributed by atoms with E-state index < -0.39 is 6.04 Å². The monoisotopic (exact) mass is 294 g/mol. The highest BCUT2D eigenvalue weighted by atomic mass is 16.2. The van der Waals surface area contributed by atoms with Crippen LogP contribution in [-0.4, -0.2) is 29.9 Å². The van der Waals surface area contributed by atoms with Crippen LogP contribution in [0.1, 0.15) is 16.7 Å². The molecule has 0 unspecified atom stereocenters. The van der Waals surface area contributed by atoms with Gasteiger partial charge in [-0.1, -0.05) is 54.6 Å². The summed E-state index contributed by atoms with van der Waals surface area (Å²) in [5.74, 6) is 0.0664. The average molecular weight is 294 g/mol. The van der Waals surface area contributed by atoms with Gasteiger partial charge < -0.3 is 10.6 Å². The highest BCUT2D eigenvalue weighted by Crippen LogP contribution is 2.16. The summed E-state index contributed by atoms with van der Waals surface area (Å²) in [6.45, 7) is 1.52. The summed E-state index contributed by atoms with van der Waals surface area (Å²) in [5, 5.41) is 0. The van der Waals surface area contributed by atoms with Crippen LogP contribution in [0.2, 0.25) is 0 Å².